The van der Waals surface area contributed by atoms with E-state index in [1.807, 2.05) is 12.1 Å². The fourth-order valence-corrected chi connectivity index (χ4v) is 3.51. The maximum atomic E-state index is 11.9. The summed E-state index contributed by atoms with van der Waals surface area (Å²) in [4.78, 5) is 14.5. The summed E-state index contributed by atoms with van der Waals surface area (Å²) >= 11 is 5.90. The van der Waals surface area contributed by atoms with Gasteiger partial charge in [-0.25, -0.2) is 0 Å². The maximum absolute atomic E-state index is 11.9. The van der Waals surface area contributed by atoms with Gasteiger partial charge in [0, 0.05) is 29.3 Å². The van der Waals surface area contributed by atoms with Crippen LogP contribution in [-0.2, 0) is 4.79 Å². The molecule has 0 radical (unpaired) electrons. The number of anilines is 1. The van der Waals surface area contributed by atoms with Crippen LogP contribution in [0.15, 0.2) is 24.3 Å². The van der Waals surface area contributed by atoms with Crippen molar-refractivity contribution in [3.05, 3.63) is 29.3 Å². The fraction of sp³-hybridized carbons (Fsp3) is 0.533. The first-order valence-corrected chi connectivity index (χ1v) is 7.63. The van der Waals surface area contributed by atoms with Crippen molar-refractivity contribution in [2.45, 2.75) is 31.3 Å². The number of carbonyl (C=O) groups excluding carboxylic acids is 1. The van der Waals surface area contributed by atoms with Gasteiger partial charge in [0.1, 0.15) is 0 Å². The van der Waals surface area contributed by atoms with Crippen LogP contribution in [0.1, 0.15) is 19.3 Å². The first-order valence-electron chi connectivity index (χ1n) is 7.25. The summed E-state index contributed by atoms with van der Waals surface area (Å²) in [6.07, 6.45) is 3.69. The normalized spacial score (nSPS) is 25.6. The SMILES string of the molecule is O=C(CNC1CCN2CCCC12)Nc1cccc(Cl)c1. The van der Waals surface area contributed by atoms with Gasteiger partial charge in [-0.1, -0.05) is 17.7 Å². The summed E-state index contributed by atoms with van der Waals surface area (Å²) in [5.41, 5.74) is 0.748. The minimum Gasteiger partial charge on any atom is -0.325 e. The third-order valence-electron chi connectivity index (χ3n) is 4.24. The van der Waals surface area contributed by atoms with E-state index in [9.17, 15) is 4.79 Å². The highest BCUT2D eigenvalue weighted by Crippen LogP contribution is 2.27. The lowest BCUT2D eigenvalue weighted by Crippen LogP contribution is -2.42. The van der Waals surface area contributed by atoms with Crippen LogP contribution in [0.3, 0.4) is 0 Å². The van der Waals surface area contributed by atoms with Crippen LogP contribution in [0, 0.1) is 0 Å². The maximum Gasteiger partial charge on any atom is 0.238 e. The number of benzene rings is 1. The van der Waals surface area contributed by atoms with E-state index in [-0.39, 0.29) is 5.91 Å². The van der Waals surface area contributed by atoms with E-state index in [2.05, 4.69) is 15.5 Å². The number of rotatable bonds is 4. The Morgan fingerprint density at radius 1 is 1.35 bits per heavy atom. The van der Waals surface area contributed by atoms with Gasteiger partial charge in [-0.3, -0.25) is 9.69 Å². The number of fused-ring (bicyclic) bond motifs is 1. The highest BCUT2D eigenvalue weighted by molar-refractivity contribution is 6.30. The smallest absolute Gasteiger partial charge is 0.238 e. The number of hydrogen-bond acceptors (Lipinski definition) is 3. The number of hydrogen-bond donors (Lipinski definition) is 2. The first kappa shape index (κ1) is 13.9. The van der Waals surface area contributed by atoms with E-state index in [0.29, 0.717) is 23.7 Å². The zero-order chi connectivity index (χ0) is 13.9. The summed E-state index contributed by atoms with van der Waals surface area (Å²) < 4.78 is 0. The number of halogens is 1. The summed E-state index contributed by atoms with van der Waals surface area (Å²) in [6.45, 7) is 2.75. The van der Waals surface area contributed by atoms with Crippen LogP contribution in [0.2, 0.25) is 5.02 Å². The molecule has 1 amide bonds. The molecule has 108 valence electrons. The van der Waals surface area contributed by atoms with Crippen molar-refractivity contribution in [1.29, 1.82) is 0 Å². The molecule has 0 spiro atoms. The summed E-state index contributed by atoms with van der Waals surface area (Å²) in [6, 6.07) is 8.32. The first-order chi connectivity index (χ1) is 9.72. The molecule has 2 unspecified atom stereocenters. The van der Waals surface area contributed by atoms with E-state index in [0.717, 1.165) is 18.7 Å². The molecule has 3 rings (SSSR count). The van der Waals surface area contributed by atoms with Gasteiger partial charge >= 0.3 is 0 Å². The van der Waals surface area contributed by atoms with Crippen LogP contribution in [-0.4, -0.2) is 42.5 Å². The van der Waals surface area contributed by atoms with E-state index in [1.54, 1.807) is 12.1 Å². The van der Waals surface area contributed by atoms with Gasteiger partial charge in [-0.2, -0.15) is 0 Å². The Hall–Kier alpha value is -1.10. The Kier molecular flexibility index (Phi) is 4.24. The second-order valence-electron chi connectivity index (χ2n) is 5.58. The van der Waals surface area contributed by atoms with Crippen molar-refractivity contribution in [3.63, 3.8) is 0 Å². The zero-order valence-electron chi connectivity index (χ0n) is 11.4. The average molecular weight is 294 g/mol. The molecule has 0 aromatic heterocycles. The Bertz CT molecular complexity index is 494. The molecule has 1 aromatic rings. The predicted octanol–water partition coefficient (Wildman–Crippen LogP) is 2.10. The molecule has 2 aliphatic heterocycles. The molecular weight excluding hydrogens is 274 g/mol. The van der Waals surface area contributed by atoms with E-state index in [4.69, 9.17) is 11.6 Å². The minimum absolute atomic E-state index is 0.0105. The van der Waals surface area contributed by atoms with Crippen molar-refractivity contribution in [3.8, 4) is 0 Å². The molecular formula is C15H20ClN3O. The lowest BCUT2D eigenvalue weighted by Gasteiger charge is -2.21. The van der Waals surface area contributed by atoms with Gasteiger partial charge in [0.15, 0.2) is 0 Å². The molecule has 2 atom stereocenters. The third-order valence-corrected chi connectivity index (χ3v) is 4.47. The fourth-order valence-electron chi connectivity index (χ4n) is 3.32. The second kappa shape index (κ2) is 6.12. The van der Waals surface area contributed by atoms with Gasteiger partial charge in [0.2, 0.25) is 5.91 Å². The molecule has 1 aromatic carbocycles. The molecule has 0 saturated carbocycles. The van der Waals surface area contributed by atoms with Crippen molar-refractivity contribution in [2.75, 3.05) is 25.0 Å². The molecule has 20 heavy (non-hydrogen) atoms. The van der Waals surface area contributed by atoms with Crippen LogP contribution in [0.25, 0.3) is 0 Å². The van der Waals surface area contributed by atoms with Crippen LogP contribution in [0.4, 0.5) is 5.69 Å². The standard InChI is InChI=1S/C15H20ClN3O/c16-11-3-1-4-12(9-11)18-15(20)10-17-13-6-8-19-7-2-5-14(13)19/h1,3-4,9,13-14,17H,2,5-8,10H2,(H,18,20). The number of amides is 1. The van der Waals surface area contributed by atoms with Crippen molar-refractivity contribution in [1.82, 2.24) is 10.2 Å². The van der Waals surface area contributed by atoms with Crippen LogP contribution in [0.5, 0.6) is 0 Å². The molecule has 2 saturated heterocycles. The monoisotopic (exact) mass is 293 g/mol. The minimum atomic E-state index is -0.0105. The van der Waals surface area contributed by atoms with Crippen LogP contribution >= 0.6 is 11.6 Å². The van der Waals surface area contributed by atoms with Crippen molar-refractivity contribution >= 4 is 23.2 Å². The van der Waals surface area contributed by atoms with Gasteiger partial charge in [0.25, 0.3) is 0 Å². The predicted molar refractivity (Wildman–Crippen MR) is 81.1 cm³/mol. The molecule has 4 nitrogen and oxygen atoms in total. The topological polar surface area (TPSA) is 44.4 Å². The van der Waals surface area contributed by atoms with Crippen LogP contribution < -0.4 is 10.6 Å². The van der Waals surface area contributed by atoms with Gasteiger partial charge in [-0.15, -0.1) is 0 Å². The lowest BCUT2D eigenvalue weighted by molar-refractivity contribution is -0.115. The Balaban J connectivity index is 1.47. The van der Waals surface area contributed by atoms with Gasteiger partial charge in [-0.05, 0) is 44.0 Å². The second-order valence-corrected chi connectivity index (χ2v) is 6.02. The molecule has 0 aliphatic carbocycles. The number of carbonyl (C=O) groups is 1. The number of nitrogens with zero attached hydrogens (tertiary/aromatic N) is 1. The lowest BCUT2D eigenvalue weighted by atomic mass is 10.1. The zero-order valence-corrected chi connectivity index (χ0v) is 12.2. The molecule has 2 N–H and O–H groups in total. The quantitative estimate of drug-likeness (QED) is 0.894. The molecule has 5 heteroatoms. The molecule has 2 aliphatic rings. The highest BCUT2D eigenvalue weighted by Gasteiger charge is 2.36. The Morgan fingerprint density at radius 2 is 2.25 bits per heavy atom. The Labute approximate surface area is 124 Å². The third kappa shape index (κ3) is 3.14. The summed E-state index contributed by atoms with van der Waals surface area (Å²) in [5, 5.41) is 6.90. The number of nitrogens with one attached hydrogen (secondary N) is 2. The van der Waals surface area contributed by atoms with E-state index in [1.165, 1.54) is 19.4 Å². The van der Waals surface area contributed by atoms with Crippen molar-refractivity contribution < 1.29 is 4.79 Å². The van der Waals surface area contributed by atoms with Gasteiger partial charge in [0.05, 0.1) is 6.54 Å². The van der Waals surface area contributed by atoms with E-state index < -0.39 is 0 Å². The Morgan fingerprint density at radius 3 is 3.10 bits per heavy atom. The largest absolute Gasteiger partial charge is 0.325 e. The van der Waals surface area contributed by atoms with E-state index >= 15 is 0 Å². The molecule has 2 heterocycles. The molecule has 2 fully saturated rings. The average Bonchev–Trinajstić information content (AvgIpc) is 2.99. The van der Waals surface area contributed by atoms with Crippen molar-refractivity contribution in [2.24, 2.45) is 0 Å². The molecule has 0 bridgehead atoms. The summed E-state index contributed by atoms with van der Waals surface area (Å²) in [7, 11) is 0. The highest BCUT2D eigenvalue weighted by atomic mass is 35.5. The summed E-state index contributed by atoms with van der Waals surface area (Å²) in [5.74, 6) is -0.0105. The van der Waals surface area contributed by atoms with Gasteiger partial charge < -0.3 is 10.6 Å².